The van der Waals surface area contributed by atoms with E-state index >= 15 is 0 Å². The molecule has 0 N–H and O–H groups in total. The highest BCUT2D eigenvalue weighted by atomic mass is 32.1. The maximum Gasteiger partial charge on any atom is 0.0541 e. The van der Waals surface area contributed by atoms with Gasteiger partial charge in [-0.05, 0) is 83.2 Å². The molecule has 49 heavy (non-hydrogen) atoms. The molecule has 230 valence electrons. The van der Waals surface area contributed by atoms with Crippen LogP contribution in [-0.4, -0.2) is 4.57 Å². The lowest BCUT2D eigenvalue weighted by Gasteiger charge is -2.27. The Morgan fingerprint density at radius 3 is 1.67 bits per heavy atom. The minimum atomic E-state index is 1.13. The van der Waals surface area contributed by atoms with Crippen molar-refractivity contribution < 1.29 is 0 Å². The standard InChI is InChI=1S/C46H30N2S/c1-2-12-37-33(10-1)11-9-18-42(37)47(36-28-29-46-41(30-36)40-15-5-8-19-45(40)49-46)34-24-20-31(21-25-34)32-22-26-35(27-23-32)48-43-16-6-3-13-38(43)39-14-4-7-17-44(39)48/h1-30H. The van der Waals surface area contributed by atoms with E-state index in [1.807, 2.05) is 11.3 Å². The van der Waals surface area contributed by atoms with Gasteiger partial charge < -0.3 is 9.47 Å². The molecule has 0 unspecified atom stereocenters. The Morgan fingerprint density at radius 1 is 0.388 bits per heavy atom. The van der Waals surface area contributed by atoms with Gasteiger partial charge in [-0.15, -0.1) is 11.3 Å². The van der Waals surface area contributed by atoms with E-state index in [2.05, 4.69) is 191 Å². The van der Waals surface area contributed by atoms with E-state index in [1.54, 1.807) is 0 Å². The summed E-state index contributed by atoms with van der Waals surface area (Å²) >= 11 is 1.86. The van der Waals surface area contributed by atoms with Gasteiger partial charge >= 0.3 is 0 Å². The number of thiophene rings is 1. The molecule has 0 atom stereocenters. The summed E-state index contributed by atoms with van der Waals surface area (Å²) in [5.74, 6) is 0. The van der Waals surface area contributed by atoms with Gasteiger partial charge in [0.2, 0.25) is 0 Å². The molecule has 10 aromatic rings. The first-order chi connectivity index (χ1) is 24.3. The monoisotopic (exact) mass is 642 g/mol. The number of hydrogen-bond donors (Lipinski definition) is 0. The van der Waals surface area contributed by atoms with Crippen LogP contribution in [0.25, 0.3) is 69.6 Å². The minimum absolute atomic E-state index is 1.13. The summed E-state index contributed by atoms with van der Waals surface area (Å²) in [6.45, 7) is 0. The van der Waals surface area contributed by atoms with Crippen molar-refractivity contribution in [2.24, 2.45) is 0 Å². The van der Waals surface area contributed by atoms with Gasteiger partial charge in [0.25, 0.3) is 0 Å². The SMILES string of the molecule is c1ccc2c(N(c3ccc(-c4ccc(-n5c6ccccc6c6ccccc65)cc4)cc3)c3ccc4sc5ccccc5c4c3)cccc2c1. The molecule has 2 aromatic heterocycles. The zero-order valence-electron chi connectivity index (χ0n) is 26.6. The number of anilines is 3. The summed E-state index contributed by atoms with van der Waals surface area (Å²) in [4.78, 5) is 2.41. The van der Waals surface area contributed by atoms with Crippen molar-refractivity contribution in [3.05, 3.63) is 182 Å². The summed E-state index contributed by atoms with van der Waals surface area (Å²) in [7, 11) is 0. The quantitative estimate of drug-likeness (QED) is 0.181. The lowest BCUT2D eigenvalue weighted by molar-refractivity contribution is 1.18. The van der Waals surface area contributed by atoms with Crippen LogP contribution in [0.1, 0.15) is 0 Å². The van der Waals surface area contributed by atoms with Gasteiger partial charge in [0.1, 0.15) is 0 Å². The number of aromatic nitrogens is 1. The van der Waals surface area contributed by atoms with Gasteiger partial charge in [0, 0.05) is 53.4 Å². The first kappa shape index (κ1) is 27.9. The highest BCUT2D eigenvalue weighted by Gasteiger charge is 2.17. The summed E-state index contributed by atoms with van der Waals surface area (Å²) < 4.78 is 5.00. The number of benzene rings is 8. The Kier molecular flexibility index (Phi) is 6.39. The molecule has 0 aliphatic heterocycles. The van der Waals surface area contributed by atoms with Crippen LogP contribution in [0.5, 0.6) is 0 Å². The molecular formula is C46H30N2S. The van der Waals surface area contributed by atoms with Gasteiger partial charge in [-0.3, -0.25) is 0 Å². The Morgan fingerprint density at radius 2 is 0.939 bits per heavy atom. The van der Waals surface area contributed by atoms with E-state index in [0.29, 0.717) is 0 Å². The lowest BCUT2D eigenvalue weighted by Crippen LogP contribution is -2.10. The number of rotatable bonds is 5. The number of para-hydroxylation sites is 2. The third-order valence-electron chi connectivity index (χ3n) is 9.79. The molecule has 0 aliphatic rings. The van der Waals surface area contributed by atoms with Crippen LogP contribution in [0.4, 0.5) is 17.1 Å². The average molecular weight is 643 g/mol. The van der Waals surface area contributed by atoms with Crippen LogP contribution >= 0.6 is 11.3 Å². The van der Waals surface area contributed by atoms with Crippen LogP contribution in [0.2, 0.25) is 0 Å². The molecule has 0 amide bonds. The Labute approximate surface area is 288 Å². The summed E-state index contributed by atoms with van der Waals surface area (Å²) in [5, 5.41) is 7.61. The Bertz CT molecular complexity index is 2760. The van der Waals surface area contributed by atoms with E-state index < -0.39 is 0 Å². The number of nitrogens with zero attached hydrogens (tertiary/aromatic N) is 2. The first-order valence-electron chi connectivity index (χ1n) is 16.7. The van der Waals surface area contributed by atoms with Crippen molar-refractivity contribution in [1.82, 2.24) is 4.57 Å². The lowest BCUT2D eigenvalue weighted by atomic mass is 10.0. The molecule has 2 heterocycles. The van der Waals surface area contributed by atoms with Crippen LogP contribution in [0.15, 0.2) is 182 Å². The van der Waals surface area contributed by atoms with Gasteiger partial charge in [-0.25, -0.2) is 0 Å². The fraction of sp³-hybridized carbons (Fsp3) is 0. The third-order valence-corrected chi connectivity index (χ3v) is 10.9. The molecule has 0 spiro atoms. The van der Waals surface area contributed by atoms with E-state index in [9.17, 15) is 0 Å². The topological polar surface area (TPSA) is 8.17 Å². The fourth-order valence-electron chi connectivity index (χ4n) is 7.49. The highest BCUT2D eigenvalue weighted by Crippen LogP contribution is 2.43. The van der Waals surface area contributed by atoms with Crippen molar-refractivity contribution in [3.8, 4) is 16.8 Å². The summed E-state index contributed by atoms with van der Waals surface area (Å²) in [6.07, 6.45) is 0. The largest absolute Gasteiger partial charge is 0.310 e. The van der Waals surface area contributed by atoms with Crippen LogP contribution in [0.3, 0.4) is 0 Å². The van der Waals surface area contributed by atoms with Crippen LogP contribution < -0.4 is 4.90 Å². The van der Waals surface area contributed by atoms with Gasteiger partial charge in [-0.2, -0.15) is 0 Å². The van der Waals surface area contributed by atoms with E-state index in [1.165, 1.54) is 69.6 Å². The second-order valence-electron chi connectivity index (χ2n) is 12.6. The maximum absolute atomic E-state index is 2.41. The summed E-state index contributed by atoms with van der Waals surface area (Å²) in [6, 6.07) is 66.2. The molecule has 0 saturated carbocycles. The van der Waals surface area contributed by atoms with Crippen LogP contribution in [0, 0.1) is 0 Å². The third kappa shape index (κ3) is 4.55. The predicted molar refractivity (Wildman–Crippen MR) is 211 cm³/mol. The number of fused-ring (bicyclic) bond motifs is 7. The second-order valence-corrected chi connectivity index (χ2v) is 13.7. The molecule has 0 fully saturated rings. The molecule has 0 aliphatic carbocycles. The van der Waals surface area contributed by atoms with Crippen molar-refractivity contribution in [1.29, 1.82) is 0 Å². The molecular weight excluding hydrogens is 613 g/mol. The van der Waals surface area contributed by atoms with Gasteiger partial charge in [0.05, 0.1) is 16.7 Å². The van der Waals surface area contributed by atoms with Crippen molar-refractivity contribution in [3.63, 3.8) is 0 Å². The molecule has 10 rings (SSSR count). The van der Waals surface area contributed by atoms with E-state index in [0.717, 1.165) is 17.1 Å². The Balaban J connectivity index is 1.06. The maximum atomic E-state index is 2.41. The van der Waals surface area contributed by atoms with E-state index in [4.69, 9.17) is 0 Å². The molecule has 0 bridgehead atoms. The first-order valence-corrected chi connectivity index (χ1v) is 17.5. The molecule has 0 radical (unpaired) electrons. The van der Waals surface area contributed by atoms with E-state index in [-0.39, 0.29) is 0 Å². The minimum Gasteiger partial charge on any atom is -0.310 e. The summed E-state index contributed by atoms with van der Waals surface area (Å²) in [5.41, 5.74) is 9.44. The zero-order valence-corrected chi connectivity index (χ0v) is 27.4. The molecule has 8 aromatic carbocycles. The average Bonchev–Trinajstić information content (AvgIpc) is 3.71. The van der Waals surface area contributed by atoms with Gasteiger partial charge in [-0.1, -0.05) is 115 Å². The van der Waals surface area contributed by atoms with Crippen molar-refractivity contribution in [2.45, 2.75) is 0 Å². The molecule has 3 heteroatoms. The molecule has 2 nitrogen and oxygen atoms in total. The van der Waals surface area contributed by atoms with Gasteiger partial charge in [0.15, 0.2) is 0 Å². The van der Waals surface area contributed by atoms with Crippen LogP contribution in [-0.2, 0) is 0 Å². The smallest absolute Gasteiger partial charge is 0.0541 e. The predicted octanol–water partition coefficient (Wildman–Crippen LogP) is 13.4. The zero-order chi connectivity index (χ0) is 32.3. The number of hydrogen-bond acceptors (Lipinski definition) is 2. The Hall–Kier alpha value is -6.16. The normalized spacial score (nSPS) is 11.7. The molecule has 0 saturated heterocycles. The highest BCUT2D eigenvalue weighted by molar-refractivity contribution is 7.25. The second kappa shape index (κ2) is 11.2. The fourth-order valence-corrected chi connectivity index (χ4v) is 8.58. The van der Waals surface area contributed by atoms with Crippen molar-refractivity contribution in [2.75, 3.05) is 4.90 Å². The van der Waals surface area contributed by atoms with Crippen molar-refractivity contribution >= 4 is 81.1 Å².